The average molecular weight is 384 g/mol. The molecule has 0 saturated carbocycles. The fraction of sp³-hybridized carbons (Fsp3) is 0.286. The van der Waals surface area contributed by atoms with Gasteiger partial charge in [0.15, 0.2) is 5.11 Å². The van der Waals surface area contributed by atoms with Gasteiger partial charge in [-0.1, -0.05) is 13.5 Å². The lowest BCUT2D eigenvalue weighted by Gasteiger charge is -2.28. The molecule has 0 fully saturated rings. The van der Waals surface area contributed by atoms with Gasteiger partial charge < -0.3 is 20.4 Å². The molecule has 3 N–H and O–H groups in total. The molecule has 0 aliphatic carbocycles. The Kier molecular flexibility index (Phi) is 5.28. The van der Waals surface area contributed by atoms with Crippen molar-refractivity contribution in [2.24, 2.45) is 0 Å². The molecule has 0 spiro atoms. The van der Waals surface area contributed by atoms with Crippen molar-refractivity contribution in [3.8, 4) is 11.5 Å². The van der Waals surface area contributed by atoms with Crippen molar-refractivity contribution < 1.29 is 10.2 Å². The standard InChI is InChI=1S/C21H25N3O2S/c1-5-14-11-17(20(26)12-19(14)25)13(2)24(21(27)22-3)16-6-7-18-15(10-16)8-9-23(18)4/h6-7,10-12,25-26H,2,5,8-9H2,1,3-4H3,(H,22,27). The summed E-state index contributed by atoms with van der Waals surface area (Å²) in [7, 11) is 3.85. The lowest BCUT2D eigenvalue weighted by molar-refractivity contribution is 0.445. The van der Waals surface area contributed by atoms with E-state index in [9.17, 15) is 10.2 Å². The SMILES string of the molecule is C=C(c1cc(CC)c(O)cc1O)N(C(=S)NC)c1ccc2c(c1)CCN2C. The highest BCUT2D eigenvalue weighted by Crippen LogP contribution is 2.37. The van der Waals surface area contributed by atoms with Crippen LogP contribution in [0.4, 0.5) is 11.4 Å². The van der Waals surface area contributed by atoms with Gasteiger partial charge in [-0.15, -0.1) is 0 Å². The molecule has 0 bridgehead atoms. The lowest BCUT2D eigenvalue weighted by Crippen LogP contribution is -2.36. The highest BCUT2D eigenvalue weighted by Gasteiger charge is 2.23. The Morgan fingerprint density at radius 2 is 2.00 bits per heavy atom. The number of anilines is 2. The van der Waals surface area contributed by atoms with Crippen molar-refractivity contribution in [2.75, 3.05) is 30.4 Å². The van der Waals surface area contributed by atoms with Crippen LogP contribution in [-0.4, -0.2) is 36.0 Å². The van der Waals surface area contributed by atoms with E-state index in [-0.39, 0.29) is 11.5 Å². The highest BCUT2D eigenvalue weighted by atomic mass is 32.1. The van der Waals surface area contributed by atoms with Gasteiger partial charge in [0.2, 0.25) is 0 Å². The number of hydrogen-bond donors (Lipinski definition) is 3. The number of aryl methyl sites for hydroxylation is 1. The smallest absolute Gasteiger partial charge is 0.177 e. The van der Waals surface area contributed by atoms with Crippen LogP contribution in [0.2, 0.25) is 0 Å². The van der Waals surface area contributed by atoms with Gasteiger partial charge in [-0.05, 0) is 60.5 Å². The minimum atomic E-state index is -0.0282. The molecule has 0 atom stereocenters. The maximum absolute atomic E-state index is 10.4. The van der Waals surface area contributed by atoms with Gasteiger partial charge >= 0.3 is 0 Å². The van der Waals surface area contributed by atoms with Gasteiger partial charge in [-0.2, -0.15) is 0 Å². The average Bonchev–Trinajstić information content (AvgIpc) is 3.02. The number of nitrogens with one attached hydrogen (secondary N) is 1. The lowest BCUT2D eigenvalue weighted by atomic mass is 10.0. The van der Waals surface area contributed by atoms with E-state index in [1.165, 1.54) is 17.3 Å². The molecule has 0 aromatic heterocycles. The van der Waals surface area contributed by atoms with Crippen LogP contribution in [0.5, 0.6) is 11.5 Å². The molecule has 2 aromatic rings. The first-order valence-electron chi connectivity index (χ1n) is 8.97. The molecule has 0 radical (unpaired) electrons. The van der Waals surface area contributed by atoms with Crippen LogP contribution < -0.4 is 15.1 Å². The van der Waals surface area contributed by atoms with Gasteiger partial charge in [0.25, 0.3) is 0 Å². The fourth-order valence-electron chi connectivity index (χ4n) is 3.46. The van der Waals surface area contributed by atoms with Crippen LogP contribution in [0.25, 0.3) is 5.70 Å². The molecule has 0 amide bonds. The Balaban J connectivity index is 2.06. The molecular weight excluding hydrogens is 358 g/mol. The molecule has 0 saturated heterocycles. The van der Waals surface area contributed by atoms with E-state index in [1.807, 2.05) is 17.9 Å². The quantitative estimate of drug-likeness (QED) is 0.701. The van der Waals surface area contributed by atoms with E-state index in [2.05, 4.69) is 36.0 Å². The van der Waals surface area contributed by atoms with Crippen molar-refractivity contribution in [1.82, 2.24) is 5.32 Å². The summed E-state index contributed by atoms with van der Waals surface area (Å²) in [4.78, 5) is 4.05. The number of phenolic OH excluding ortho intramolecular Hbond substituents is 2. The molecule has 1 aliphatic heterocycles. The molecule has 5 nitrogen and oxygen atoms in total. The minimum Gasteiger partial charge on any atom is -0.508 e. The van der Waals surface area contributed by atoms with E-state index in [1.54, 1.807) is 13.1 Å². The summed E-state index contributed by atoms with van der Waals surface area (Å²) in [6.07, 6.45) is 1.63. The van der Waals surface area contributed by atoms with E-state index in [0.29, 0.717) is 22.8 Å². The summed E-state index contributed by atoms with van der Waals surface area (Å²) < 4.78 is 0. The van der Waals surface area contributed by atoms with Crippen molar-refractivity contribution in [3.63, 3.8) is 0 Å². The normalized spacial score (nSPS) is 12.6. The number of rotatable bonds is 4. The molecule has 1 heterocycles. The van der Waals surface area contributed by atoms with Gasteiger partial charge in [-0.25, -0.2) is 0 Å². The Morgan fingerprint density at radius 1 is 1.26 bits per heavy atom. The maximum Gasteiger partial charge on any atom is 0.177 e. The molecular formula is C21H25N3O2S. The Labute approximate surface area is 165 Å². The predicted octanol–water partition coefficient (Wildman–Crippen LogP) is 3.63. The number of thiocarbonyl (C=S) groups is 1. The number of hydrogen-bond acceptors (Lipinski definition) is 4. The second kappa shape index (κ2) is 7.48. The number of fused-ring (bicyclic) bond motifs is 1. The van der Waals surface area contributed by atoms with Crippen LogP contribution >= 0.6 is 12.2 Å². The van der Waals surface area contributed by atoms with Gasteiger partial charge in [0.1, 0.15) is 11.5 Å². The predicted molar refractivity (Wildman–Crippen MR) is 116 cm³/mol. The van der Waals surface area contributed by atoms with Crippen molar-refractivity contribution in [2.45, 2.75) is 19.8 Å². The summed E-state index contributed by atoms with van der Waals surface area (Å²) >= 11 is 5.53. The van der Waals surface area contributed by atoms with Crippen molar-refractivity contribution in [1.29, 1.82) is 0 Å². The second-order valence-electron chi connectivity index (χ2n) is 6.67. The zero-order chi connectivity index (χ0) is 19.7. The Hall–Kier alpha value is -2.73. The largest absolute Gasteiger partial charge is 0.508 e. The Bertz CT molecular complexity index is 911. The number of phenols is 2. The van der Waals surface area contributed by atoms with Crippen molar-refractivity contribution >= 4 is 34.4 Å². The maximum atomic E-state index is 10.4. The number of nitrogens with zero attached hydrogens (tertiary/aromatic N) is 2. The van der Waals surface area contributed by atoms with E-state index in [0.717, 1.165) is 24.2 Å². The molecule has 3 rings (SSSR count). The molecule has 27 heavy (non-hydrogen) atoms. The molecule has 6 heteroatoms. The van der Waals surface area contributed by atoms with Crippen molar-refractivity contribution in [3.05, 3.63) is 53.6 Å². The topological polar surface area (TPSA) is 59.0 Å². The van der Waals surface area contributed by atoms with Gasteiger partial charge in [0, 0.05) is 43.6 Å². The zero-order valence-electron chi connectivity index (χ0n) is 15.9. The summed E-state index contributed by atoms with van der Waals surface area (Å²) in [6, 6.07) is 9.33. The first-order valence-corrected chi connectivity index (χ1v) is 9.38. The number of aromatic hydroxyl groups is 2. The van der Waals surface area contributed by atoms with E-state index >= 15 is 0 Å². The summed E-state index contributed by atoms with van der Waals surface area (Å²) in [5, 5.41) is 23.9. The van der Waals surface area contributed by atoms with E-state index in [4.69, 9.17) is 12.2 Å². The van der Waals surface area contributed by atoms with Crippen LogP contribution in [0.3, 0.4) is 0 Å². The molecule has 1 aliphatic rings. The first-order chi connectivity index (χ1) is 12.9. The van der Waals surface area contributed by atoms with Crippen LogP contribution in [0.15, 0.2) is 36.9 Å². The first kappa shape index (κ1) is 19.0. The third-order valence-corrected chi connectivity index (χ3v) is 5.41. The number of likely N-dealkylation sites (N-methyl/N-ethyl adjacent to an activating group) is 1. The minimum absolute atomic E-state index is 0.0282. The molecule has 0 unspecified atom stereocenters. The summed E-state index contributed by atoms with van der Waals surface area (Å²) in [5.41, 5.74) is 5.21. The van der Waals surface area contributed by atoms with Gasteiger partial charge in [0.05, 0.1) is 5.70 Å². The van der Waals surface area contributed by atoms with Crippen LogP contribution in [0, 0.1) is 0 Å². The monoisotopic (exact) mass is 383 g/mol. The second-order valence-corrected chi connectivity index (χ2v) is 7.06. The fourth-order valence-corrected chi connectivity index (χ4v) is 3.67. The molecule has 2 aromatic carbocycles. The van der Waals surface area contributed by atoms with Crippen LogP contribution in [0.1, 0.15) is 23.6 Å². The number of benzene rings is 2. The summed E-state index contributed by atoms with van der Waals surface area (Å²) in [6.45, 7) is 7.14. The van der Waals surface area contributed by atoms with Gasteiger partial charge in [-0.3, -0.25) is 4.90 Å². The summed E-state index contributed by atoms with van der Waals surface area (Å²) in [5.74, 6) is 0.0503. The molecule has 142 valence electrons. The van der Waals surface area contributed by atoms with E-state index < -0.39 is 0 Å². The third kappa shape index (κ3) is 3.45. The third-order valence-electron chi connectivity index (χ3n) is 5.02. The Morgan fingerprint density at radius 3 is 2.67 bits per heavy atom. The zero-order valence-corrected chi connectivity index (χ0v) is 16.7. The van der Waals surface area contributed by atoms with Crippen LogP contribution in [-0.2, 0) is 12.8 Å². The highest BCUT2D eigenvalue weighted by molar-refractivity contribution is 7.80.